The quantitative estimate of drug-likeness (QED) is 0.485. The van der Waals surface area contributed by atoms with Crippen LogP contribution < -0.4 is 19.5 Å². The monoisotopic (exact) mass is 407 g/mol. The second-order valence-corrected chi connectivity index (χ2v) is 5.80. The molecule has 0 unspecified atom stereocenters. The molecule has 0 atom stereocenters. The van der Waals surface area contributed by atoms with Crippen LogP contribution in [0.5, 0.6) is 17.2 Å². The number of anilines is 1. The number of amides is 1. The molecular formula is C22H17NO7. The summed E-state index contributed by atoms with van der Waals surface area (Å²) in [5.74, 6) is -0.261. The van der Waals surface area contributed by atoms with Gasteiger partial charge < -0.3 is 18.9 Å². The van der Waals surface area contributed by atoms with E-state index in [0.29, 0.717) is 5.75 Å². The van der Waals surface area contributed by atoms with Crippen molar-refractivity contribution >= 4 is 23.9 Å². The Bertz CT molecular complexity index is 1040. The van der Waals surface area contributed by atoms with Gasteiger partial charge in [0.15, 0.2) is 5.75 Å². The number of hydrogen-bond donors (Lipinski definition) is 1. The largest absolute Gasteiger partial charge is 0.519 e. The highest BCUT2D eigenvalue weighted by Gasteiger charge is 2.19. The molecule has 8 nitrogen and oxygen atoms in total. The molecule has 0 spiro atoms. The Morgan fingerprint density at radius 3 is 1.93 bits per heavy atom. The van der Waals surface area contributed by atoms with E-state index >= 15 is 0 Å². The maximum atomic E-state index is 12.1. The summed E-state index contributed by atoms with van der Waals surface area (Å²) in [5.41, 5.74) is 0.204. The van der Waals surface area contributed by atoms with E-state index in [2.05, 4.69) is 5.32 Å². The van der Waals surface area contributed by atoms with Crippen molar-refractivity contribution in [3.8, 4) is 17.2 Å². The van der Waals surface area contributed by atoms with Crippen molar-refractivity contribution < 1.29 is 33.3 Å². The average molecular weight is 407 g/mol. The van der Waals surface area contributed by atoms with Crippen LogP contribution in [0.25, 0.3) is 0 Å². The molecule has 3 aromatic rings. The lowest BCUT2D eigenvalue weighted by Gasteiger charge is -2.12. The van der Waals surface area contributed by atoms with E-state index in [9.17, 15) is 14.4 Å². The molecule has 0 saturated heterocycles. The molecule has 0 heterocycles. The first kappa shape index (κ1) is 20.4. The average Bonchev–Trinajstić information content (AvgIpc) is 2.74. The van der Waals surface area contributed by atoms with Gasteiger partial charge >= 0.3 is 18.2 Å². The minimum Gasteiger partial charge on any atom is -0.465 e. The fourth-order valence-electron chi connectivity index (χ4n) is 2.40. The van der Waals surface area contributed by atoms with E-state index < -0.39 is 18.2 Å². The van der Waals surface area contributed by atoms with Crippen LogP contribution in [0.15, 0.2) is 78.9 Å². The Hall–Kier alpha value is -4.33. The summed E-state index contributed by atoms with van der Waals surface area (Å²) in [4.78, 5) is 36.2. The number of rotatable bonds is 5. The van der Waals surface area contributed by atoms with Gasteiger partial charge in [0.2, 0.25) is 0 Å². The van der Waals surface area contributed by atoms with E-state index in [-0.39, 0.29) is 22.7 Å². The summed E-state index contributed by atoms with van der Waals surface area (Å²) in [7, 11) is 1.19. The third-order valence-corrected chi connectivity index (χ3v) is 3.72. The van der Waals surface area contributed by atoms with Crippen LogP contribution in [0.2, 0.25) is 0 Å². The molecule has 0 aromatic heterocycles. The van der Waals surface area contributed by atoms with Crippen molar-refractivity contribution in [2.75, 3.05) is 12.4 Å². The van der Waals surface area contributed by atoms with Gasteiger partial charge in [0, 0.05) is 11.8 Å². The molecule has 30 heavy (non-hydrogen) atoms. The molecule has 0 saturated carbocycles. The highest BCUT2D eigenvalue weighted by molar-refractivity contribution is 5.95. The van der Waals surface area contributed by atoms with Gasteiger partial charge in [-0.3, -0.25) is 5.32 Å². The van der Waals surface area contributed by atoms with Crippen molar-refractivity contribution in [2.45, 2.75) is 0 Å². The first-order chi connectivity index (χ1) is 14.5. The minimum atomic E-state index is -1.06. The van der Waals surface area contributed by atoms with Gasteiger partial charge in [-0.2, -0.15) is 0 Å². The lowest BCUT2D eigenvalue weighted by atomic mass is 10.2. The van der Waals surface area contributed by atoms with Gasteiger partial charge in [0.1, 0.15) is 17.1 Å². The van der Waals surface area contributed by atoms with Crippen LogP contribution >= 0.6 is 0 Å². The second kappa shape index (κ2) is 9.74. The molecule has 3 aromatic carbocycles. The molecule has 1 N–H and O–H groups in total. The molecular weight excluding hydrogens is 390 g/mol. The van der Waals surface area contributed by atoms with E-state index in [1.165, 1.54) is 25.3 Å². The molecule has 0 radical (unpaired) electrons. The number of nitrogens with one attached hydrogen (secondary N) is 1. The third kappa shape index (κ3) is 5.59. The third-order valence-electron chi connectivity index (χ3n) is 3.72. The molecule has 8 heteroatoms. The number of methoxy groups -OCH3 is 1. The molecule has 0 aliphatic rings. The summed E-state index contributed by atoms with van der Waals surface area (Å²) in [5, 5.41) is 2.49. The first-order valence-electron chi connectivity index (χ1n) is 8.76. The lowest BCUT2D eigenvalue weighted by molar-refractivity contribution is 0.0597. The molecule has 0 bridgehead atoms. The Kier molecular flexibility index (Phi) is 6.63. The van der Waals surface area contributed by atoms with E-state index in [4.69, 9.17) is 18.9 Å². The molecule has 152 valence electrons. The number of para-hydroxylation sites is 2. The van der Waals surface area contributed by atoms with Gasteiger partial charge in [-0.05, 0) is 36.4 Å². The number of hydrogen-bond acceptors (Lipinski definition) is 7. The summed E-state index contributed by atoms with van der Waals surface area (Å²) in [6.45, 7) is 0. The van der Waals surface area contributed by atoms with Gasteiger partial charge in [-0.25, -0.2) is 14.4 Å². The number of esters is 1. The van der Waals surface area contributed by atoms with Gasteiger partial charge in [0.05, 0.1) is 7.11 Å². The van der Waals surface area contributed by atoms with Gasteiger partial charge in [-0.15, -0.1) is 0 Å². The molecule has 0 aliphatic heterocycles. The number of benzene rings is 3. The Balaban J connectivity index is 1.75. The van der Waals surface area contributed by atoms with Crippen LogP contribution in [-0.2, 0) is 4.74 Å². The summed E-state index contributed by atoms with van der Waals surface area (Å²) < 4.78 is 20.1. The van der Waals surface area contributed by atoms with Crippen LogP contribution in [0, 0.1) is 0 Å². The Morgan fingerprint density at radius 2 is 1.33 bits per heavy atom. The van der Waals surface area contributed by atoms with Gasteiger partial charge in [-0.1, -0.05) is 36.4 Å². The van der Waals surface area contributed by atoms with Gasteiger partial charge in [0.25, 0.3) is 0 Å². The van der Waals surface area contributed by atoms with Crippen molar-refractivity contribution in [2.24, 2.45) is 0 Å². The summed E-state index contributed by atoms with van der Waals surface area (Å²) in [6, 6.07) is 20.8. The van der Waals surface area contributed by atoms with Crippen molar-refractivity contribution in [1.29, 1.82) is 0 Å². The van der Waals surface area contributed by atoms with E-state index in [0.717, 1.165) is 0 Å². The van der Waals surface area contributed by atoms with E-state index in [1.54, 1.807) is 60.7 Å². The maximum Gasteiger partial charge on any atom is 0.519 e. The van der Waals surface area contributed by atoms with Crippen molar-refractivity contribution in [1.82, 2.24) is 0 Å². The Labute approximate surface area is 171 Å². The summed E-state index contributed by atoms with van der Waals surface area (Å²) in [6.07, 6.45) is -1.82. The van der Waals surface area contributed by atoms with Crippen LogP contribution in [-0.4, -0.2) is 25.3 Å². The fourth-order valence-corrected chi connectivity index (χ4v) is 2.40. The highest BCUT2D eigenvalue weighted by Crippen LogP contribution is 2.25. The number of carbonyl (C=O) groups excluding carboxylic acids is 3. The molecule has 3 rings (SSSR count). The topological polar surface area (TPSA) is 100 Å². The Morgan fingerprint density at radius 1 is 0.733 bits per heavy atom. The van der Waals surface area contributed by atoms with Crippen LogP contribution in [0.1, 0.15) is 10.4 Å². The van der Waals surface area contributed by atoms with Crippen molar-refractivity contribution in [3.05, 3.63) is 84.4 Å². The summed E-state index contributed by atoms with van der Waals surface area (Å²) >= 11 is 0. The fraction of sp³-hybridized carbons (Fsp3) is 0.0455. The van der Waals surface area contributed by atoms with Crippen molar-refractivity contribution in [3.63, 3.8) is 0 Å². The predicted octanol–water partition coefficient (Wildman–Crippen LogP) is 4.66. The zero-order chi connectivity index (χ0) is 21.3. The highest BCUT2D eigenvalue weighted by atomic mass is 16.7. The predicted molar refractivity (Wildman–Crippen MR) is 107 cm³/mol. The van der Waals surface area contributed by atoms with E-state index in [1.807, 2.05) is 0 Å². The second-order valence-electron chi connectivity index (χ2n) is 5.80. The smallest absolute Gasteiger partial charge is 0.465 e. The first-order valence-corrected chi connectivity index (χ1v) is 8.76. The maximum absolute atomic E-state index is 12.1. The molecule has 0 fully saturated rings. The molecule has 0 aliphatic carbocycles. The minimum absolute atomic E-state index is 0.0236. The zero-order valence-corrected chi connectivity index (χ0v) is 15.9. The number of ether oxygens (including phenoxy) is 4. The van der Waals surface area contributed by atoms with Crippen LogP contribution in [0.4, 0.5) is 15.3 Å². The lowest BCUT2D eigenvalue weighted by Crippen LogP contribution is -2.18. The zero-order valence-electron chi connectivity index (χ0n) is 15.9. The SMILES string of the molecule is COC(=O)c1ccc(NC(=O)Oc2ccccc2)cc1OC(=O)Oc1ccccc1. The standard InChI is InChI=1S/C22H17NO7/c1-27-20(24)18-13-12-15(23-21(25)28-16-8-4-2-5-9-16)14-19(18)30-22(26)29-17-10-6-3-7-11-17/h2-14H,1H3,(H,23,25). The normalized spacial score (nSPS) is 9.90. The molecule has 1 amide bonds. The van der Waals surface area contributed by atoms with Crippen LogP contribution in [0.3, 0.4) is 0 Å². The number of carbonyl (C=O) groups is 3.